The summed E-state index contributed by atoms with van der Waals surface area (Å²) in [6, 6.07) is 25.8. The Morgan fingerprint density at radius 2 is 1.59 bits per heavy atom. The van der Waals surface area contributed by atoms with Crippen LogP contribution in [0.3, 0.4) is 0 Å². The van der Waals surface area contributed by atoms with Gasteiger partial charge in [0.2, 0.25) is 10.0 Å². The molecule has 0 amide bonds. The minimum atomic E-state index is -3.77. The fraction of sp³-hybridized carbons (Fsp3) is 0.441. The van der Waals surface area contributed by atoms with Crippen molar-refractivity contribution < 1.29 is 17.9 Å². The summed E-state index contributed by atoms with van der Waals surface area (Å²) in [4.78, 5) is 15.3. The first-order chi connectivity index (χ1) is 19.7. The Labute approximate surface area is 245 Å². The number of sulfonamides is 1. The van der Waals surface area contributed by atoms with Gasteiger partial charge in [0.25, 0.3) is 0 Å². The summed E-state index contributed by atoms with van der Waals surface area (Å²) in [7, 11) is -2.11. The first-order valence-electron chi connectivity index (χ1n) is 14.8. The molecule has 5 rings (SSSR count). The van der Waals surface area contributed by atoms with Crippen LogP contribution in [0.2, 0.25) is 0 Å². The molecule has 1 aliphatic carbocycles. The van der Waals surface area contributed by atoms with E-state index in [4.69, 9.17) is 4.74 Å². The number of piperidine rings is 1. The first kappa shape index (κ1) is 29.5. The Balaban J connectivity index is 1.25. The van der Waals surface area contributed by atoms with Gasteiger partial charge < -0.3 is 9.64 Å². The highest BCUT2D eigenvalue weighted by Gasteiger charge is 2.36. The average molecular weight is 575 g/mol. The standard InChI is InChI=1S/C34H42N2O4S/c1-34(31-14-7-4-8-15-31,21-23-36-22-20-28-12-9-13-30(28)24-36)26-35(2)41(38,39)32-18-16-29(17-19-32)33(37)40-25-27-10-5-3-6-11-27/h3-8,10-11,14-19,28,30H,9,12-13,20-26H2,1-2H3. The topological polar surface area (TPSA) is 66.9 Å². The minimum Gasteiger partial charge on any atom is -0.457 e. The normalized spacial score (nSPS) is 20.9. The number of likely N-dealkylation sites (tertiary alicyclic amines) is 1. The number of hydrogen-bond acceptors (Lipinski definition) is 5. The Morgan fingerprint density at radius 3 is 2.29 bits per heavy atom. The maximum atomic E-state index is 13.7. The maximum absolute atomic E-state index is 13.7. The summed E-state index contributed by atoms with van der Waals surface area (Å²) in [5.41, 5.74) is 2.01. The lowest BCUT2D eigenvalue weighted by Gasteiger charge is -2.39. The zero-order chi connectivity index (χ0) is 28.9. The largest absolute Gasteiger partial charge is 0.457 e. The van der Waals surface area contributed by atoms with Crippen LogP contribution in [-0.2, 0) is 26.8 Å². The number of esters is 1. The summed E-state index contributed by atoms with van der Waals surface area (Å²) in [6.45, 7) is 5.98. The fourth-order valence-electron chi connectivity index (χ4n) is 6.59. The molecule has 1 saturated heterocycles. The maximum Gasteiger partial charge on any atom is 0.338 e. The highest BCUT2D eigenvalue weighted by molar-refractivity contribution is 7.89. The molecular weight excluding hydrogens is 532 g/mol. The van der Waals surface area contributed by atoms with Crippen LogP contribution >= 0.6 is 0 Å². The van der Waals surface area contributed by atoms with Crippen molar-refractivity contribution in [1.82, 2.24) is 9.21 Å². The Kier molecular flexibility index (Phi) is 9.27. The number of nitrogens with zero attached hydrogens (tertiary/aromatic N) is 2. The van der Waals surface area contributed by atoms with Crippen molar-refractivity contribution in [2.45, 2.75) is 55.9 Å². The van der Waals surface area contributed by atoms with Gasteiger partial charge in [-0.1, -0.05) is 80.4 Å². The van der Waals surface area contributed by atoms with Crippen molar-refractivity contribution in [3.63, 3.8) is 0 Å². The van der Waals surface area contributed by atoms with Gasteiger partial charge >= 0.3 is 5.97 Å². The molecule has 3 atom stereocenters. The smallest absolute Gasteiger partial charge is 0.338 e. The predicted molar refractivity (Wildman–Crippen MR) is 162 cm³/mol. The molecule has 1 heterocycles. The molecule has 1 saturated carbocycles. The number of ether oxygens (including phenoxy) is 1. The minimum absolute atomic E-state index is 0.165. The number of fused-ring (bicyclic) bond motifs is 1. The van der Waals surface area contributed by atoms with E-state index >= 15 is 0 Å². The summed E-state index contributed by atoms with van der Waals surface area (Å²) >= 11 is 0. The van der Waals surface area contributed by atoms with Gasteiger partial charge in [-0.3, -0.25) is 0 Å². The van der Waals surface area contributed by atoms with Crippen molar-refractivity contribution in [1.29, 1.82) is 0 Å². The van der Waals surface area contributed by atoms with Gasteiger partial charge in [-0.05, 0) is 79.6 Å². The molecule has 2 aliphatic rings. The zero-order valence-corrected chi connectivity index (χ0v) is 25.1. The number of carbonyl (C=O) groups excluding carboxylic acids is 1. The van der Waals surface area contributed by atoms with E-state index in [0.717, 1.165) is 42.5 Å². The summed E-state index contributed by atoms with van der Waals surface area (Å²) < 4.78 is 34.2. The summed E-state index contributed by atoms with van der Waals surface area (Å²) in [5.74, 6) is 1.25. The second-order valence-electron chi connectivity index (χ2n) is 12.1. The first-order valence-corrected chi connectivity index (χ1v) is 16.2. The van der Waals surface area contributed by atoms with Gasteiger partial charge in [0, 0.05) is 25.6 Å². The molecule has 0 radical (unpaired) electrons. The quantitative estimate of drug-likeness (QED) is 0.258. The average Bonchev–Trinajstić information content (AvgIpc) is 3.48. The van der Waals surface area contributed by atoms with Gasteiger partial charge in [-0.2, -0.15) is 0 Å². The number of carbonyl (C=O) groups is 1. The molecule has 41 heavy (non-hydrogen) atoms. The van der Waals surface area contributed by atoms with Crippen molar-refractivity contribution in [2.75, 3.05) is 33.2 Å². The van der Waals surface area contributed by atoms with E-state index in [1.165, 1.54) is 60.8 Å². The van der Waals surface area contributed by atoms with Crippen molar-refractivity contribution in [2.24, 2.45) is 11.8 Å². The molecule has 3 unspecified atom stereocenters. The van der Waals surface area contributed by atoms with E-state index in [9.17, 15) is 13.2 Å². The molecule has 7 heteroatoms. The Hall–Kier alpha value is -3.00. The van der Waals surface area contributed by atoms with Crippen LogP contribution in [0.1, 0.15) is 60.5 Å². The molecule has 0 bridgehead atoms. The second-order valence-corrected chi connectivity index (χ2v) is 14.1. The summed E-state index contributed by atoms with van der Waals surface area (Å²) in [5, 5.41) is 0. The van der Waals surface area contributed by atoms with Gasteiger partial charge in [0.1, 0.15) is 6.61 Å². The molecule has 3 aromatic rings. The van der Waals surface area contributed by atoms with Crippen molar-refractivity contribution in [3.05, 3.63) is 102 Å². The summed E-state index contributed by atoms with van der Waals surface area (Å²) in [6.07, 6.45) is 6.26. The molecule has 1 aliphatic heterocycles. The third-order valence-corrected chi connectivity index (χ3v) is 11.0. The number of benzene rings is 3. The highest BCUT2D eigenvalue weighted by Crippen LogP contribution is 2.38. The molecule has 0 aromatic heterocycles. The Bertz CT molecular complexity index is 1400. The highest BCUT2D eigenvalue weighted by atomic mass is 32.2. The van der Waals surface area contributed by atoms with Gasteiger partial charge in [-0.25, -0.2) is 17.5 Å². The monoisotopic (exact) mass is 574 g/mol. The van der Waals surface area contributed by atoms with Gasteiger partial charge in [0.15, 0.2) is 0 Å². The SMILES string of the molecule is CN(CC(C)(CCN1CCC2CCCC2C1)c1ccccc1)S(=O)(=O)c1ccc(C(=O)OCc2ccccc2)cc1. The van der Waals surface area contributed by atoms with Crippen molar-refractivity contribution >= 4 is 16.0 Å². The third kappa shape index (κ3) is 7.08. The predicted octanol–water partition coefficient (Wildman–Crippen LogP) is 6.13. The lowest BCUT2D eigenvalue weighted by Crippen LogP contribution is -2.44. The van der Waals surface area contributed by atoms with Crippen LogP contribution < -0.4 is 0 Å². The molecule has 0 spiro atoms. The van der Waals surface area contributed by atoms with E-state index in [0.29, 0.717) is 12.1 Å². The van der Waals surface area contributed by atoms with Crippen LogP contribution in [-0.4, -0.2) is 56.8 Å². The lowest BCUT2D eigenvalue weighted by atomic mass is 9.78. The van der Waals surface area contributed by atoms with E-state index < -0.39 is 16.0 Å². The third-order valence-electron chi connectivity index (χ3n) is 9.16. The van der Waals surface area contributed by atoms with E-state index in [1.54, 1.807) is 7.05 Å². The number of likely N-dealkylation sites (N-methyl/N-ethyl adjacent to an activating group) is 1. The van der Waals surface area contributed by atoms with E-state index in [1.807, 2.05) is 48.5 Å². The zero-order valence-electron chi connectivity index (χ0n) is 24.2. The van der Waals surface area contributed by atoms with Gasteiger partial charge in [-0.15, -0.1) is 0 Å². The van der Waals surface area contributed by atoms with Crippen molar-refractivity contribution in [3.8, 4) is 0 Å². The second kappa shape index (κ2) is 12.9. The molecule has 6 nitrogen and oxygen atoms in total. The molecule has 218 valence electrons. The van der Waals surface area contributed by atoms with E-state index in [-0.39, 0.29) is 16.9 Å². The molecule has 2 fully saturated rings. The van der Waals surface area contributed by atoms with E-state index in [2.05, 4.69) is 24.0 Å². The lowest BCUT2D eigenvalue weighted by molar-refractivity contribution is 0.0472. The van der Waals surface area contributed by atoms with Crippen LogP contribution in [0.5, 0.6) is 0 Å². The fourth-order valence-corrected chi connectivity index (χ4v) is 7.89. The van der Waals surface area contributed by atoms with Crippen LogP contribution in [0.15, 0.2) is 89.8 Å². The molecule has 3 aromatic carbocycles. The van der Waals surface area contributed by atoms with Crippen LogP contribution in [0.4, 0.5) is 0 Å². The van der Waals surface area contributed by atoms with Crippen LogP contribution in [0.25, 0.3) is 0 Å². The van der Waals surface area contributed by atoms with Crippen LogP contribution in [0, 0.1) is 11.8 Å². The Morgan fingerprint density at radius 1 is 0.927 bits per heavy atom. The molecular formula is C34H42N2O4S. The number of hydrogen-bond donors (Lipinski definition) is 0. The van der Waals surface area contributed by atoms with Gasteiger partial charge in [0.05, 0.1) is 10.5 Å². The number of rotatable bonds is 11. The molecule has 0 N–H and O–H groups in total.